The summed E-state index contributed by atoms with van der Waals surface area (Å²) in [6, 6.07) is 3.30. The summed E-state index contributed by atoms with van der Waals surface area (Å²) < 4.78 is 76.7. The summed E-state index contributed by atoms with van der Waals surface area (Å²) in [5.74, 6) is -4.12. The van der Waals surface area contributed by atoms with Gasteiger partial charge in [0.15, 0.2) is 5.67 Å². The smallest absolute Gasteiger partial charge is 0.282 e. The molecule has 0 bridgehead atoms. The van der Waals surface area contributed by atoms with Crippen LogP contribution in [0, 0.1) is 0 Å². The van der Waals surface area contributed by atoms with Gasteiger partial charge in [0.05, 0.1) is 30.0 Å². The SMILES string of the molecule is CCOc1ccc(S(=O)(=O)N2CC[C@@](F)(C(=O)N[C@H](C)CCC(=O)N3CC(F)(F)C3)C[C@H]2C)c(C2C=CC=CC2Cl)c1. The van der Waals surface area contributed by atoms with Crippen molar-refractivity contribution in [3.8, 4) is 5.75 Å². The van der Waals surface area contributed by atoms with Crippen LogP contribution in [0.2, 0.25) is 0 Å². The van der Waals surface area contributed by atoms with E-state index in [0.717, 1.165) is 4.90 Å². The average molecular weight is 632 g/mol. The number of alkyl halides is 4. The van der Waals surface area contributed by atoms with E-state index >= 15 is 4.39 Å². The average Bonchev–Trinajstić information content (AvgIpc) is 2.90. The highest BCUT2D eigenvalue weighted by Gasteiger charge is 2.49. The van der Waals surface area contributed by atoms with Crippen molar-refractivity contribution in [1.82, 2.24) is 14.5 Å². The Morgan fingerprint density at radius 3 is 2.50 bits per heavy atom. The summed E-state index contributed by atoms with van der Waals surface area (Å²) in [5, 5.41) is 2.09. The molecule has 0 aromatic heterocycles. The number of halogens is 4. The Balaban J connectivity index is 1.43. The van der Waals surface area contributed by atoms with Crippen LogP contribution in [0.5, 0.6) is 5.75 Å². The van der Waals surface area contributed by atoms with Crippen molar-refractivity contribution >= 4 is 33.4 Å². The van der Waals surface area contributed by atoms with Gasteiger partial charge in [0.25, 0.3) is 11.8 Å². The highest BCUT2D eigenvalue weighted by molar-refractivity contribution is 7.89. The van der Waals surface area contributed by atoms with Gasteiger partial charge in [-0.1, -0.05) is 24.3 Å². The molecule has 2 fully saturated rings. The molecule has 0 saturated carbocycles. The number of sulfonamides is 1. The Labute approximate surface area is 249 Å². The first kappa shape index (κ1) is 32.3. The predicted molar refractivity (Wildman–Crippen MR) is 153 cm³/mol. The van der Waals surface area contributed by atoms with Crippen LogP contribution in [0.3, 0.4) is 0 Å². The van der Waals surface area contributed by atoms with Gasteiger partial charge in [-0.2, -0.15) is 4.31 Å². The molecule has 42 heavy (non-hydrogen) atoms. The van der Waals surface area contributed by atoms with E-state index in [2.05, 4.69) is 5.32 Å². The number of amides is 2. The van der Waals surface area contributed by atoms with Gasteiger partial charge in [-0.15, -0.1) is 11.6 Å². The van der Waals surface area contributed by atoms with E-state index in [0.29, 0.717) is 17.9 Å². The van der Waals surface area contributed by atoms with Gasteiger partial charge in [0.1, 0.15) is 5.75 Å². The van der Waals surface area contributed by atoms with Crippen molar-refractivity contribution in [3.05, 3.63) is 48.1 Å². The van der Waals surface area contributed by atoms with Crippen LogP contribution < -0.4 is 10.1 Å². The van der Waals surface area contributed by atoms with Crippen molar-refractivity contribution in [1.29, 1.82) is 0 Å². The Bertz CT molecular complexity index is 1350. The molecule has 2 unspecified atom stereocenters. The van der Waals surface area contributed by atoms with E-state index in [1.54, 1.807) is 44.2 Å². The molecule has 8 nitrogen and oxygen atoms in total. The van der Waals surface area contributed by atoms with E-state index < -0.39 is 69.9 Å². The fourth-order valence-electron chi connectivity index (χ4n) is 5.62. The fourth-order valence-corrected chi connectivity index (χ4v) is 7.78. The second-order valence-corrected chi connectivity index (χ2v) is 13.6. The molecule has 2 heterocycles. The maximum absolute atomic E-state index is 15.9. The number of likely N-dealkylation sites (tertiary alicyclic amines) is 1. The van der Waals surface area contributed by atoms with Crippen LogP contribution in [0.15, 0.2) is 47.4 Å². The van der Waals surface area contributed by atoms with E-state index in [9.17, 15) is 26.8 Å². The van der Waals surface area contributed by atoms with Gasteiger partial charge in [0, 0.05) is 43.8 Å². The molecule has 5 atom stereocenters. The predicted octanol–water partition coefficient (Wildman–Crippen LogP) is 4.55. The third kappa shape index (κ3) is 6.97. The molecule has 0 radical (unpaired) electrons. The molecule has 232 valence electrons. The molecular weight excluding hydrogens is 595 g/mol. The maximum Gasteiger partial charge on any atom is 0.282 e. The minimum Gasteiger partial charge on any atom is -0.494 e. The number of rotatable bonds is 10. The second kappa shape index (κ2) is 12.6. The zero-order valence-corrected chi connectivity index (χ0v) is 25.4. The minimum atomic E-state index is -4.11. The van der Waals surface area contributed by atoms with Crippen molar-refractivity contribution in [2.75, 3.05) is 26.2 Å². The summed E-state index contributed by atoms with van der Waals surface area (Å²) >= 11 is 6.54. The first-order valence-corrected chi connectivity index (χ1v) is 16.0. The molecule has 1 aliphatic carbocycles. The van der Waals surface area contributed by atoms with Crippen LogP contribution in [0.1, 0.15) is 57.9 Å². The monoisotopic (exact) mass is 631 g/mol. The highest BCUT2D eigenvalue weighted by atomic mass is 35.5. The number of hydrogen-bond donors (Lipinski definition) is 1. The number of hydrogen-bond acceptors (Lipinski definition) is 5. The molecule has 1 aromatic carbocycles. The number of carbonyl (C=O) groups excluding carboxylic acids is 2. The molecule has 2 aliphatic heterocycles. The lowest BCUT2D eigenvalue weighted by molar-refractivity contribution is -0.165. The lowest BCUT2D eigenvalue weighted by Crippen LogP contribution is -2.58. The third-order valence-electron chi connectivity index (χ3n) is 7.92. The lowest BCUT2D eigenvalue weighted by Gasteiger charge is -2.40. The largest absolute Gasteiger partial charge is 0.494 e. The van der Waals surface area contributed by atoms with Crippen LogP contribution in [-0.4, -0.2) is 84.7 Å². The van der Waals surface area contributed by atoms with Gasteiger partial charge in [-0.3, -0.25) is 9.59 Å². The lowest BCUT2D eigenvalue weighted by atomic mass is 9.89. The summed E-state index contributed by atoms with van der Waals surface area (Å²) in [7, 11) is -4.11. The van der Waals surface area contributed by atoms with Crippen LogP contribution in [0.25, 0.3) is 0 Å². The minimum absolute atomic E-state index is 0.0440. The van der Waals surface area contributed by atoms with Crippen LogP contribution >= 0.6 is 11.6 Å². The first-order valence-electron chi connectivity index (χ1n) is 14.1. The maximum atomic E-state index is 15.9. The molecule has 1 aromatic rings. The number of nitrogens with zero attached hydrogens (tertiary/aromatic N) is 2. The third-order valence-corrected chi connectivity index (χ3v) is 10.4. The Hall–Kier alpha value is -2.57. The summed E-state index contributed by atoms with van der Waals surface area (Å²) in [4.78, 5) is 26.1. The molecule has 3 aliphatic rings. The zero-order valence-electron chi connectivity index (χ0n) is 23.9. The van der Waals surface area contributed by atoms with Gasteiger partial charge in [-0.05, 0) is 51.0 Å². The molecular formula is C29H37ClF3N3O5S. The molecule has 2 amide bonds. The van der Waals surface area contributed by atoms with Crippen molar-refractivity contribution in [2.24, 2.45) is 0 Å². The fraction of sp³-hybridized carbons (Fsp3) is 0.586. The van der Waals surface area contributed by atoms with Crippen LogP contribution in [-0.2, 0) is 19.6 Å². The highest BCUT2D eigenvalue weighted by Crippen LogP contribution is 2.40. The zero-order chi connectivity index (χ0) is 30.9. The number of ether oxygens (including phenoxy) is 1. The second-order valence-electron chi connectivity index (χ2n) is 11.3. The van der Waals surface area contributed by atoms with Gasteiger partial charge < -0.3 is 15.0 Å². The van der Waals surface area contributed by atoms with E-state index in [-0.39, 0.29) is 37.1 Å². The molecule has 0 spiro atoms. The van der Waals surface area contributed by atoms with E-state index in [4.69, 9.17) is 16.3 Å². The van der Waals surface area contributed by atoms with E-state index in [1.165, 1.54) is 10.4 Å². The number of carbonyl (C=O) groups is 2. The Morgan fingerprint density at radius 2 is 1.88 bits per heavy atom. The van der Waals surface area contributed by atoms with E-state index in [1.807, 2.05) is 13.0 Å². The summed E-state index contributed by atoms with van der Waals surface area (Å²) in [6.45, 7) is 3.93. The van der Waals surface area contributed by atoms with Crippen molar-refractivity contribution < 1.29 is 35.9 Å². The Morgan fingerprint density at radius 1 is 1.19 bits per heavy atom. The normalized spacial score (nSPS) is 28.2. The van der Waals surface area contributed by atoms with Gasteiger partial charge in [0.2, 0.25) is 15.9 Å². The summed E-state index contributed by atoms with van der Waals surface area (Å²) in [6.07, 6.45) is 6.58. The van der Waals surface area contributed by atoms with Crippen molar-refractivity contribution in [3.63, 3.8) is 0 Å². The number of benzene rings is 1. The molecule has 1 N–H and O–H groups in total. The summed E-state index contributed by atoms with van der Waals surface area (Å²) in [5.41, 5.74) is -1.85. The Kier molecular flexibility index (Phi) is 9.69. The number of piperidine rings is 1. The van der Waals surface area contributed by atoms with Crippen molar-refractivity contribution in [2.45, 2.75) is 86.3 Å². The number of nitrogens with one attached hydrogen (secondary N) is 1. The first-order chi connectivity index (χ1) is 19.7. The molecule has 13 heteroatoms. The molecule has 2 saturated heterocycles. The quantitative estimate of drug-likeness (QED) is 0.383. The standard InChI is InChI=1S/C29H37ClF3N3O5S/c1-4-41-21-10-11-25(23(15-21)22-7-5-6-8-24(22)30)42(39,40)36-14-13-28(31,16-20(36)3)27(38)34-19(2)9-12-26(37)35-17-29(32,33)18-35/h5-8,10-11,15,19-20,22,24H,4,9,12-14,16-18H2,1-3H3,(H,34,38)/t19-,20-,22?,24?,28+/m1/s1. The number of allylic oxidation sites excluding steroid dienone is 4. The molecule has 4 rings (SSSR count). The van der Waals surface area contributed by atoms with Gasteiger partial charge >= 0.3 is 0 Å². The van der Waals surface area contributed by atoms with Gasteiger partial charge in [-0.25, -0.2) is 21.6 Å². The van der Waals surface area contributed by atoms with Crippen LogP contribution in [0.4, 0.5) is 13.2 Å². The topological polar surface area (TPSA) is 96.0 Å².